The number of hydrogen-bond donors (Lipinski definition) is 2. The van der Waals surface area contributed by atoms with Gasteiger partial charge in [0.2, 0.25) is 11.8 Å². The van der Waals surface area contributed by atoms with Crippen LogP contribution in [0.2, 0.25) is 0 Å². The standard InChI is InChI=1S/C16H25N3O3/c1-11(17-13(20)10-16(21)8-4-5-9-16)15-18-14(19-22-15)12-6-2-3-7-12/h11-12,21H,2-10H2,1H3,(H,17,20). The third-order valence-electron chi connectivity index (χ3n) is 4.95. The molecule has 1 amide bonds. The van der Waals surface area contributed by atoms with Gasteiger partial charge in [0.15, 0.2) is 5.82 Å². The first-order valence-corrected chi connectivity index (χ1v) is 8.41. The van der Waals surface area contributed by atoms with E-state index in [-0.39, 0.29) is 18.4 Å². The van der Waals surface area contributed by atoms with Gasteiger partial charge in [0.1, 0.15) is 6.04 Å². The highest BCUT2D eigenvalue weighted by molar-refractivity contribution is 5.77. The van der Waals surface area contributed by atoms with Gasteiger partial charge in [-0.3, -0.25) is 4.79 Å². The minimum atomic E-state index is -0.826. The zero-order chi connectivity index (χ0) is 15.6. The summed E-state index contributed by atoms with van der Waals surface area (Å²) in [5, 5.41) is 17.2. The van der Waals surface area contributed by atoms with Gasteiger partial charge in [-0.1, -0.05) is 30.8 Å². The molecule has 1 atom stereocenters. The summed E-state index contributed by atoms with van der Waals surface area (Å²) in [6, 6.07) is -0.319. The molecule has 0 aliphatic heterocycles. The molecule has 2 aliphatic rings. The van der Waals surface area contributed by atoms with E-state index in [1.807, 2.05) is 6.92 Å². The Morgan fingerprint density at radius 1 is 1.36 bits per heavy atom. The molecule has 0 radical (unpaired) electrons. The van der Waals surface area contributed by atoms with Crippen LogP contribution in [0.3, 0.4) is 0 Å². The van der Waals surface area contributed by atoms with Gasteiger partial charge in [0, 0.05) is 5.92 Å². The Bertz CT molecular complexity index is 516. The van der Waals surface area contributed by atoms with Crippen LogP contribution in [0.5, 0.6) is 0 Å². The molecular weight excluding hydrogens is 282 g/mol. The first-order valence-electron chi connectivity index (χ1n) is 8.41. The molecule has 6 nitrogen and oxygen atoms in total. The minimum absolute atomic E-state index is 0.154. The predicted molar refractivity (Wildman–Crippen MR) is 80.1 cm³/mol. The number of aliphatic hydroxyl groups is 1. The quantitative estimate of drug-likeness (QED) is 0.873. The summed E-state index contributed by atoms with van der Waals surface area (Å²) >= 11 is 0. The number of amides is 1. The van der Waals surface area contributed by atoms with Crippen LogP contribution in [-0.2, 0) is 4.79 Å². The van der Waals surface area contributed by atoms with Crippen LogP contribution < -0.4 is 5.32 Å². The van der Waals surface area contributed by atoms with E-state index < -0.39 is 5.60 Å². The molecule has 1 unspecified atom stereocenters. The van der Waals surface area contributed by atoms with E-state index in [0.29, 0.717) is 24.7 Å². The lowest BCUT2D eigenvalue weighted by molar-refractivity contribution is -0.126. The smallest absolute Gasteiger partial charge is 0.248 e. The van der Waals surface area contributed by atoms with Crippen molar-refractivity contribution < 1.29 is 14.4 Å². The van der Waals surface area contributed by atoms with Gasteiger partial charge in [0.05, 0.1) is 12.0 Å². The maximum atomic E-state index is 12.1. The highest BCUT2D eigenvalue weighted by Gasteiger charge is 2.34. The molecule has 2 fully saturated rings. The number of nitrogens with one attached hydrogen (secondary N) is 1. The van der Waals surface area contributed by atoms with Crippen molar-refractivity contribution in [2.24, 2.45) is 0 Å². The number of carbonyl (C=O) groups excluding carboxylic acids is 1. The van der Waals surface area contributed by atoms with E-state index >= 15 is 0 Å². The van der Waals surface area contributed by atoms with Crippen LogP contribution in [0.15, 0.2) is 4.52 Å². The van der Waals surface area contributed by atoms with Gasteiger partial charge in [-0.05, 0) is 32.6 Å². The molecule has 2 aliphatic carbocycles. The van der Waals surface area contributed by atoms with Gasteiger partial charge in [-0.25, -0.2) is 0 Å². The zero-order valence-corrected chi connectivity index (χ0v) is 13.2. The second-order valence-electron chi connectivity index (χ2n) is 6.87. The van der Waals surface area contributed by atoms with Gasteiger partial charge in [-0.15, -0.1) is 0 Å². The SMILES string of the molecule is CC(NC(=O)CC1(O)CCCC1)c1nc(C2CCCC2)no1. The van der Waals surface area contributed by atoms with Gasteiger partial charge >= 0.3 is 0 Å². The Morgan fingerprint density at radius 2 is 2.05 bits per heavy atom. The third-order valence-corrected chi connectivity index (χ3v) is 4.95. The monoisotopic (exact) mass is 307 g/mol. The van der Waals surface area contributed by atoms with E-state index in [2.05, 4.69) is 15.5 Å². The summed E-state index contributed by atoms with van der Waals surface area (Å²) in [5.41, 5.74) is -0.826. The number of hydrogen-bond acceptors (Lipinski definition) is 5. The molecule has 6 heteroatoms. The van der Waals surface area contributed by atoms with Crippen molar-refractivity contribution in [1.29, 1.82) is 0 Å². The van der Waals surface area contributed by atoms with Crippen molar-refractivity contribution in [1.82, 2.24) is 15.5 Å². The second-order valence-corrected chi connectivity index (χ2v) is 6.87. The summed E-state index contributed by atoms with van der Waals surface area (Å²) in [6.07, 6.45) is 8.24. The summed E-state index contributed by atoms with van der Waals surface area (Å²) in [6.45, 7) is 1.84. The normalized spacial score (nSPS) is 22.8. The lowest BCUT2D eigenvalue weighted by atomic mass is 9.97. The topological polar surface area (TPSA) is 88.2 Å². The molecule has 2 saturated carbocycles. The highest BCUT2D eigenvalue weighted by atomic mass is 16.5. The van der Waals surface area contributed by atoms with Crippen molar-refractivity contribution in [3.05, 3.63) is 11.7 Å². The van der Waals surface area contributed by atoms with Crippen LogP contribution in [0.25, 0.3) is 0 Å². The fourth-order valence-electron chi connectivity index (χ4n) is 3.64. The molecule has 0 spiro atoms. The molecule has 0 bridgehead atoms. The predicted octanol–water partition coefficient (Wildman–Crippen LogP) is 2.60. The molecule has 1 aromatic rings. The van der Waals surface area contributed by atoms with Crippen LogP contribution in [0.4, 0.5) is 0 Å². The fraction of sp³-hybridized carbons (Fsp3) is 0.812. The number of nitrogens with zero attached hydrogens (tertiary/aromatic N) is 2. The van der Waals surface area contributed by atoms with Crippen molar-refractivity contribution >= 4 is 5.91 Å². The number of rotatable bonds is 5. The van der Waals surface area contributed by atoms with E-state index in [1.54, 1.807) is 0 Å². The van der Waals surface area contributed by atoms with Crippen LogP contribution >= 0.6 is 0 Å². The van der Waals surface area contributed by atoms with Gasteiger partial charge in [-0.2, -0.15) is 4.98 Å². The molecule has 2 N–H and O–H groups in total. The number of carbonyl (C=O) groups is 1. The zero-order valence-electron chi connectivity index (χ0n) is 13.2. The largest absolute Gasteiger partial charge is 0.389 e. The van der Waals surface area contributed by atoms with E-state index in [4.69, 9.17) is 4.52 Å². The third kappa shape index (κ3) is 3.48. The fourth-order valence-corrected chi connectivity index (χ4v) is 3.64. The van der Waals surface area contributed by atoms with E-state index in [1.165, 1.54) is 12.8 Å². The Labute approximate surface area is 130 Å². The molecule has 1 aromatic heterocycles. The van der Waals surface area contributed by atoms with Crippen LogP contribution in [0.1, 0.15) is 88.4 Å². The molecule has 0 aromatic carbocycles. The summed E-state index contributed by atoms with van der Waals surface area (Å²) < 4.78 is 5.30. The second kappa shape index (κ2) is 6.36. The maximum absolute atomic E-state index is 12.1. The van der Waals surface area contributed by atoms with E-state index in [9.17, 15) is 9.90 Å². The average molecular weight is 307 g/mol. The summed E-state index contributed by atoms with van der Waals surface area (Å²) in [7, 11) is 0. The molecule has 0 saturated heterocycles. The molecule has 22 heavy (non-hydrogen) atoms. The average Bonchev–Trinajstić information content (AvgIpc) is 3.19. The Balaban J connectivity index is 1.54. The summed E-state index contributed by atoms with van der Waals surface area (Å²) in [5.74, 6) is 1.47. The molecular formula is C16H25N3O3. The highest BCUT2D eigenvalue weighted by Crippen LogP contribution is 2.33. The van der Waals surface area contributed by atoms with Crippen LogP contribution in [-0.4, -0.2) is 26.8 Å². The van der Waals surface area contributed by atoms with Crippen LogP contribution in [0, 0.1) is 0 Å². The minimum Gasteiger partial charge on any atom is -0.389 e. The van der Waals surface area contributed by atoms with Crippen molar-refractivity contribution in [3.63, 3.8) is 0 Å². The van der Waals surface area contributed by atoms with Crippen molar-refractivity contribution in [2.45, 2.75) is 82.3 Å². The lowest BCUT2D eigenvalue weighted by Crippen LogP contribution is -2.35. The first-order chi connectivity index (χ1) is 10.6. The Morgan fingerprint density at radius 3 is 2.73 bits per heavy atom. The Kier molecular flexibility index (Phi) is 4.47. The lowest BCUT2D eigenvalue weighted by Gasteiger charge is -2.21. The molecule has 1 heterocycles. The maximum Gasteiger partial charge on any atom is 0.248 e. The Hall–Kier alpha value is -1.43. The van der Waals surface area contributed by atoms with E-state index in [0.717, 1.165) is 31.5 Å². The van der Waals surface area contributed by atoms with Crippen molar-refractivity contribution in [3.8, 4) is 0 Å². The molecule has 3 rings (SSSR count). The van der Waals surface area contributed by atoms with Gasteiger partial charge < -0.3 is 14.9 Å². The van der Waals surface area contributed by atoms with Crippen molar-refractivity contribution in [2.75, 3.05) is 0 Å². The number of aromatic nitrogens is 2. The molecule has 122 valence electrons. The van der Waals surface area contributed by atoms with Gasteiger partial charge in [0.25, 0.3) is 0 Å². The first kappa shape index (κ1) is 15.5. The summed E-state index contributed by atoms with van der Waals surface area (Å²) in [4.78, 5) is 16.5.